The van der Waals surface area contributed by atoms with Crippen molar-refractivity contribution in [1.29, 1.82) is 0 Å². The van der Waals surface area contributed by atoms with E-state index in [9.17, 15) is 9.70 Å². The van der Waals surface area contributed by atoms with Crippen LogP contribution in [-0.4, -0.2) is 6.47 Å². The Morgan fingerprint density at radius 2 is 2.27 bits per heavy atom. The molecule has 1 aromatic carbocycles. The summed E-state index contributed by atoms with van der Waals surface area (Å²) in [5.41, 5.74) is 0.240. The minimum Gasteiger partial charge on any atom is -0.429 e. The Balaban J connectivity index is 2.90. The molecule has 0 aliphatic heterocycles. The van der Waals surface area contributed by atoms with E-state index in [-0.39, 0.29) is 5.69 Å². The van der Waals surface area contributed by atoms with Gasteiger partial charge >= 0.3 is 0 Å². The SMILES string of the molecule is O=COc1cccc(N=O)c1. The van der Waals surface area contributed by atoms with Crippen LogP contribution in [-0.2, 0) is 4.79 Å². The van der Waals surface area contributed by atoms with Crippen LogP contribution in [0.3, 0.4) is 0 Å². The fourth-order valence-electron chi connectivity index (χ4n) is 0.669. The molecule has 0 N–H and O–H groups in total. The van der Waals surface area contributed by atoms with E-state index in [1.165, 1.54) is 12.1 Å². The van der Waals surface area contributed by atoms with Crippen LogP contribution in [0.4, 0.5) is 5.69 Å². The van der Waals surface area contributed by atoms with E-state index in [0.29, 0.717) is 12.2 Å². The average Bonchev–Trinajstić information content (AvgIpc) is 2.06. The summed E-state index contributed by atoms with van der Waals surface area (Å²) in [6.45, 7) is 0.296. The minimum atomic E-state index is 0.240. The third-order valence-electron chi connectivity index (χ3n) is 1.11. The zero-order valence-corrected chi connectivity index (χ0v) is 5.56. The molecule has 11 heavy (non-hydrogen) atoms. The molecule has 56 valence electrons. The number of nitrogens with zero attached hydrogens (tertiary/aromatic N) is 1. The Labute approximate surface area is 62.8 Å². The standard InChI is InChI=1S/C7H5NO3/c9-5-11-7-3-1-2-6(4-7)8-10/h1-5H. The molecule has 0 spiro atoms. The van der Waals surface area contributed by atoms with Crippen LogP contribution >= 0.6 is 0 Å². The van der Waals surface area contributed by atoms with Crippen molar-refractivity contribution in [3.05, 3.63) is 29.2 Å². The van der Waals surface area contributed by atoms with Crippen molar-refractivity contribution in [3.63, 3.8) is 0 Å². The summed E-state index contributed by atoms with van der Waals surface area (Å²) >= 11 is 0. The lowest BCUT2D eigenvalue weighted by molar-refractivity contribution is -0.120. The van der Waals surface area contributed by atoms with Gasteiger partial charge in [-0.1, -0.05) is 6.07 Å². The fraction of sp³-hybridized carbons (Fsp3) is 0. The molecule has 0 amide bonds. The molecule has 4 heteroatoms. The predicted octanol–water partition coefficient (Wildman–Crippen LogP) is 1.62. The van der Waals surface area contributed by atoms with Gasteiger partial charge in [-0.15, -0.1) is 4.91 Å². The van der Waals surface area contributed by atoms with E-state index in [1.54, 1.807) is 12.1 Å². The molecule has 0 aromatic heterocycles. The van der Waals surface area contributed by atoms with Crippen molar-refractivity contribution >= 4 is 12.2 Å². The first-order valence-electron chi connectivity index (χ1n) is 2.90. The van der Waals surface area contributed by atoms with Crippen molar-refractivity contribution < 1.29 is 9.53 Å². The molecule has 4 nitrogen and oxygen atoms in total. The average molecular weight is 151 g/mol. The molecule has 0 atom stereocenters. The highest BCUT2D eigenvalue weighted by Gasteiger charge is 1.94. The molecule has 0 saturated heterocycles. The van der Waals surface area contributed by atoms with Gasteiger partial charge < -0.3 is 4.74 Å². The second kappa shape index (κ2) is 3.46. The van der Waals surface area contributed by atoms with E-state index in [1.807, 2.05) is 0 Å². The van der Waals surface area contributed by atoms with Crippen LogP contribution < -0.4 is 4.74 Å². The van der Waals surface area contributed by atoms with Crippen molar-refractivity contribution in [2.45, 2.75) is 0 Å². The maximum Gasteiger partial charge on any atom is 0.298 e. The van der Waals surface area contributed by atoms with Crippen molar-refractivity contribution in [2.75, 3.05) is 0 Å². The van der Waals surface area contributed by atoms with E-state index in [4.69, 9.17) is 0 Å². The molecular formula is C7H5NO3. The maximum atomic E-state index is 9.97. The van der Waals surface area contributed by atoms with Gasteiger partial charge in [-0.25, -0.2) is 0 Å². The number of ether oxygens (including phenoxy) is 1. The van der Waals surface area contributed by atoms with Crippen molar-refractivity contribution in [2.24, 2.45) is 5.18 Å². The second-order valence-electron chi connectivity index (χ2n) is 1.80. The smallest absolute Gasteiger partial charge is 0.298 e. The van der Waals surface area contributed by atoms with Gasteiger partial charge in [0.1, 0.15) is 11.4 Å². The van der Waals surface area contributed by atoms with Gasteiger partial charge in [0, 0.05) is 6.07 Å². The van der Waals surface area contributed by atoms with Gasteiger partial charge in [0.05, 0.1) is 0 Å². The number of benzene rings is 1. The normalized spacial score (nSPS) is 8.73. The van der Waals surface area contributed by atoms with Crippen LogP contribution in [0.1, 0.15) is 0 Å². The topological polar surface area (TPSA) is 55.7 Å². The lowest BCUT2D eigenvalue weighted by Gasteiger charge is -1.95. The Bertz CT molecular complexity index is 272. The van der Waals surface area contributed by atoms with Gasteiger partial charge in [0.2, 0.25) is 0 Å². The first-order chi connectivity index (χ1) is 5.36. The highest BCUT2D eigenvalue weighted by molar-refractivity contribution is 5.49. The quantitative estimate of drug-likeness (QED) is 0.487. The summed E-state index contributed by atoms with van der Waals surface area (Å²) in [6, 6.07) is 6.03. The van der Waals surface area contributed by atoms with E-state index in [0.717, 1.165) is 0 Å². The number of hydrogen-bond donors (Lipinski definition) is 0. The molecule has 1 rings (SSSR count). The monoisotopic (exact) mass is 151 g/mol. The number of hydrogen-bond acceptors (Lipinski definition) is 4. The van der Waals surface area contributed by atoms with Gasteiger partial charge in [0.15, 0.2) is 0 Å². The third-order valence-corrected chi connectivity index (χ3v) is 1.11. The Kier molecular flexibility index (Phi) is 2.32. The summed E-state index contributed by atoms with van der Waals surface area (Å²) in [4.78, 5) is 19.8. The molecule has 0 fully saturated rings. The van der Waals surface area contributed by atoms with Gasteiger partial charge in [0.25, 0.3) is 6.47 Å². The Morgan fingerprint density at radius 3 is 2.91 bits per heavy atom. The van der Waals surface area contributed by atoms with Crippen LogP contribution in [0.15, 0.2) is 29.4 Å². The molecule has 0 saturated carbocycles. The van der Waals surface area contributed by atoms with Gasteiger partial charge in [-0.3, -0.25) is 4.79 Å². The zero-order chi connectivity index (χ0) is 8.10. The zero-order valence-electron chi connectivity index (χ0n) is 5.56. The number of carbonyl (C=O) groups is 1. The fourth-order valence-corrected chi connectivity index (χ4v) is 0.669. The summed E-state index contributed by atoms with van der Waals surface area (Å²) < 4.78 is 4.47. The highest BCUT2D eigenvalue weighted by atomic mass is 16.5. The maximum absolute atomic E-state index is 9.97. The molecule has 0 aliphatic carbocycles. The summed E-state index contributed by atoms with van der Waals surface area (Å²) in [6.07, 6.45) is 0. The number of carbonyl (C=O) groups excluding carboxylic acids is 1. The molecule has 0 aliphatic rings. The van der Waals surface area contributed by atoms with E-state index < -0.39 is 0 Å². The lowest BCUT2D eigenvalue weighted by atomic mass is 10.3. The third kappa shape index (κ3) is 1.86. The molecule has 0 radical (unpaired) electrons. The van der Waals surface area contributed by atoms with Crippen molar-refractivity contribution in [1.82, 2.24) is 0 Å². The van der Waals surface area contributed by atoms with Crippen LogP contribution in [0, 0.1) is 4.91 Å². The van der Waals surface area contributed by atoms with Crippen LogP contribution in [0.25, 0.3) is 0 Å². The minimum absolute atomic E-state index is 0.240. The van der Waals surface area contributed by atoms with Crippen molar-refractivity contribution in [3.8, 4) is 5.75 Å². The van der Waals surface area contributed by atoms with Gasteiger partial charge in [-0.2, -0.15) is 0 Å². The second-order valence-corrected chi connectivity index (χ2v) is 1.80. The lowest BCUT2D eigenvalue weighted by Crippen LogP contribution is -1.86. The summed E-state index contributed by atoms with van der Waals surface area (Å²) in [5.74, 6) is 0.317. The van der Waals surface area contributed by atoms with Gasteiger partial charge in [-0.05, 0) is 17.3 Å². The van der Waals surface area contributed by atoms with E-state index >= 15 is 0 Å². The molecule has 0 bridgehead atoms. The summed E-state index contributed by atoms with van der Waals surface area (Å²) in [5, 5.41) is 2.67. The highest BCUT2D eigenvalue weighted by Crippen LogP contribution is 2.18. The first-order valence-corrected chi connectivity index (χ1v) is 2.90. The Morgan fingerprint density at radius 1 is 1.45 bits per heavy atom. The predicted molar refractivity (Wildman–Crippen MR) is 38.6 cm³/mol. The number of rotatable bonds is 3. The molecule has 1 aromatic rings. The molecular weight excluding hydrogens is 146 g/mol. The van der Waals surface area contributed by atoms with E-state index in [2.05, 4.69) is 9.91 Å². The van der Waals surface area contributed by atoms with Crippen LogP contribution in [0.5, 0.6) is 5.75 Å². The van der Waals surface area contributed by atoms with Crippen LogP contribution in [0.2, 0.25) is 0 Å². The molecule has 0 unspecified atom stereocenters. The summed E-state index contributed by atoms with van der Waals surface area (Å²) in [7, 11) is 0. The molecule has 0 heterocycles. The first kappa shape index (κ1) is 7.40. The Hall–Kier alpha value is -1.71. The largest absolute Gasteiger partial charge is 0.429 e. The number of nitroso groups, excluding NO2 is 1.